The molecule has 108 valence electrons. The topological polar surface area (TPSA) is 41.5 Å². The van der Waals surface area contributed by atoms with E-state index >= 15 is 0 Å². The van der Waals surface area contributed by atoms with Gasteiger partial charge in [-0.1, -0.05) is 26.0 Å². The fourth-order valence-corrected chi connectivity index (χ4v) is 1.69. The molecule has 0 saturated heterocycles. The molecule has 2 N–H and O–H groups in total. The van der Waals surface area contributed by atoms with Crippen molar-refractivity contribution in [3.63, 3.8) is 0 Å². The van der Waals surface area contributed by atoms with Gasteiger partial charge in [-0.15, -0.1) is 0 Å². The number of aliphatic hydroxyl groups is 1. The Morgan fingerprint density at radius 2 is 1.89 bits per heavy atom. The summed E-state index contributed by atoms with van der Waals surface area (Å²) >= 11 is 0. The summed E-state index contributed by atoms with van der Waals surface area (Å²) in [6.45, 7) is 9.40. The Hall–Kier alpha value is -1.06. The summed E-state index contributed by atoms with van der Waals surface area (Å²) < 4.78 is 5.56. The quantitative estimate of drug-likeness (QED) is 0.758. The van der Waals surface area contributed by atoms with Gasteiger partial charge in [-0.2, -0.15) is 0 Å². The average molecular weight is 265 g/mol. The largest absolute Gasteiger partial charge is 0.494 e. The molecule has 0 aliphatic carbocycles. The summed E-state index contributed by atoms with van der Waals surface area (Å²) in [4.78, 5) is 0. The van der Waals surface area contributed by atoms with Crippen LogP contribution >= 0.6 is 0 Å². The van der Waals surface area contributed by atoms with E-state index < -0.39 is 5.60 Å². The van der Waals surface area contributed by atoms with Crippen molar-refractivity contribution in [1.82, 2.24) is 5.32 Å². The third kappa shape index (κ3) is 5.62. The number of benzene rings is 1. The van der Waals surface area contributed by atoms with Gasteiger partial charge in [0, 0.05) is 12.6 Å². The van der Waals surface area contributed by atoms with E-state index in [9.17, 15) is 5.11 Å². The molecule has 3 nitrogen and oxygen atoms in total. The van der Waals surface area contributed by atoms with Crippen molar-refractivity contribution in [3.8, 4) is 5.75 Å². The van der Waals surface area contributed by atoms with E-state index in [0.29, 0.717) is 6.54 Å². The van der Waals surface area contributed by atoms with E-state index in [1.54, 1.807) is 0 Å². The zero-order chi connectivity index (χ0) is 14.3. The molecule has 1 rings (SSSR count). The molecule has 0 saturated carbocycles. The van der Waals surface area contributed by atoms with Gasteiger partial charge in [-0.05, 0) is 44.4 Å². The van der Waals surface area contributed by atoms with Gasteiger partial charge in [-0.3, -0.25) is 0 Å². The van der Waals surface area contributed by atoms with Gasteiger partial charge in [0.15, 0.2) is 0 Å². The van der Waals surface area contributed by atoms with Crippen molar-refractivity contribution in [3.05, 3.63) is 29.8 Å². The maximum Gasteiger partial charge on any atom is 0.119 e. The molecule has 0 aromatic heterocycles. The molecular weight excluding hydrogens is 238 g/mol. The van der Waals surface area contributed by atoms with Crippen molar-refractivity contribution in [2.45, 2.75) is 52.2 Å². The predicted molar refractivity (Wildman–Crippen MR) is 79.6 cm³/mol. The third-order valence-electron chi connectivity index (χ3n) is 3.40. The number of nitrogens with one attached hydrogen (secondary N) is 1. The van der Waals surface area contributed by atoms with Crippen LogP contribution in [0.4, 0.5) is 0 Å². The van der Waals surface area contributed by atoms with E-state index in [1.807, 2.05) is 26.0 Å². The van der Waals surface area contributed by atoms with Crippen LogP contribution in [0, 0.1) is 0 Å². The summed E-state index contributed by atoms with van der Waals surface area (Å²) in [5, 5.41) is 13.3. The Morgan fingerprint density at radius 1 is 1.26 bits per heavy atom. The second-order valence-electron chi connectivity index (χ2n) is 5.37. The zero-order valence-electron chi connectivity index (χ0n) is 12.6. The molecule has 0 bridgehead atoms. The fraction of sp³-hybridized carbons (Fsp3) is 0.625. The molecule has 2 atom stereocenters. The molecule has 0 amide bonds. The molecule has 0 radical (unpaired) electrons. The molecule has 19 heavy (non-hydrogen) atoms. The Morgan fingerprint density at radius 3 is 2.42 bits per heavy atom. The van der Waals surface area contributed by atoms with Crippen LogP contribution in [-0.2, 0) is 0 Å². The Kier molecular flexibility index (Phi) is 6.32. The molecular formula is C16H27NO2. The van der Waals surface area contributed by atoms with E-state index in [2.05, 4.69) is 31.3 Å². The van der Waals surface area contributed by atoms with Crippen molar-refractivity contribution in [2.75, 3.05) is 13.2 Å². The minimum atomic E-state index is -0.640. The van der Waals surface area contributed by atoms with Crippen LogP contribution in [0.15, 0.2) is 24.3 Å². The van der Waals surface area contributed by atoms with Gasteiger partial charge >= 0.3 is 0 Å². The molecule has 0 fully saturated rings. The number of hydrogen-bond acceptors (Lipinski definition) is 3. The lowest BCUT2D eigenvalue weighted by Gasteiger charge is -2.24. The highest BCUT2D eigenvalue weighted by Crippen LogP contribution is 2.18. The normalized spacial score (nSPS) is 15.8. The molecule has 0 aliphatic rings. The second-order valence-corrected chi connectivity index (χ2v) is 5.37. The minimum absolute atomic E-state index is 0.221. The summed E-state index contributed by atoms with van der Waals surface area (Å²) in [7, 11) is 0. The van der Waals surface area contributed by atoms with Crippen molar-refractivity contribution >= 4 is 0 Å². The fourth-order valence-electron chi connectivity index (χ4n) is 1.69. The first kappa shape index (κ1) is 16.0. The maximum absolute atomic E-state index is 9.98. The summed E-state index contributed by atoms with van der Waals surface area (Å²) in [6, 6.07) is 8.37. The SMILES string of the molecule is CCCOc1ccc(C(C)NCC(C)(O)CC)cc1. The minimum Gasteiger partial charge on any atom is -0.494 e. The summed E-state index contributed by atoms with van der Waals surface area (Å²) in [6.07, 6.45) is 1.77. The van der Waals surface area contributed by atoms with Crippen LogP contribution in [0.3, 0.4) is 0 Å². The third-order valence-corrected chi connectivity index (χ3v) is 3.40. The van der Waals surface area contributed by atoms with Crippen LogP contribution in [0.5, 0.6) is 5.75 Å². The lowest BCUT2D eigenvalue weighted by molar-refractivity contribution is 0.0533. The Labute approximate surface area is 117 Å². The molecule has 1 aromatic carbocycles. The zero-order valence-corrected chi connectivity index (χ0v) is 12.6. The van der Waals surface area contributed by atoms with E-state index in [1.165, 1.54) is 5.56 Å². The van der Waals surface area contributed by atoms with Crippen LogP contribution in [-0.4, -0.2) is 23.9 Å². The number of rotatable bonds is 8. The number of ether oxygens (including phenoxy) is 1. The Bertz CT molecular complexity index is 360. The highest BCUT2D eigenvalue weighted by molar-refractivity contribution is 5.28. The van der Waals surface area contributed by atoms with Gasteiger partial charge < -0.3 is 15.2 Å². The van der Waals surface area contributed by atoms with Gasteiger partial charge in [0.2, 0.25) is 0 Å². The maximum atomic E-state index is 9.98. The van der Waals surface area contributed by atoms with Crippen molar-refractivity contribution < 1.29 is 9.84 Å². The summed E-state index contributed by atoms with van der Waals surface area (Å²) in [5.74, 6) is 0.915. The first-order valence-electron chi connectivity index (χ1n) is 7.17. The van der Waals surface area contributed by atoms with Gasteiger partial charge in [0.05, 0.1) is 12.2 Å². The lowest BCUT2D eigenvalue weighted by Crippen LogP contribution is -2.38. The second kappa shape index (κ2) is 7.51. The van der Waals surface area contributed by atoms with Crippen molar-refractivity contribution in [1.29, 1.82) is 0 Å². The van der Waals surface area contributed by atoms with E-state index in [-0.39, 0.29) is 6.04 Å². The molecule has 0 heterocycles. The molecule has 0 spiro atoms. The molecule has 0 aliphatic heterocycles. The molecule has 3 heteroatoms. The molecule has 1 aromatic rings. The van der Waals surface area contributed by atoms with Gasteiger partial charge in [-0.25, -0.2) is 0 Å². The smallest absolute Gasteiger partial charge is 0.119 e. The summed E-state index contributed by atoms with van der Waals surface area (Å²) in [5.41, 5.74) is 0.564. The lowest BCUT2D eigenvalue weighted by atomic mass is 10.0. The first-order chi connectivity index (χ1) is 8.98. The van der Waals surface area contributed by atoms with Gasteiger partial charge in [0.1, 0.15) is 5.75 Å². The predicted octanol–water partition coefficient (Wildman–Crippen LogP) is 3.29. The van der Waals surface area contributed by atoms with E-state index in [4.69, 9.17) is 4.74 Å². The standard InChI is InChI=1S/C16H27NO2/c1-5-11-19-15-9-7-14(8-10-15)13(3)17-12-16(4,18)6-2/h7-10,13,17-18H,5-6,11-12H2,1-4H3. The van der Waals surface area contributed by atoms with Gasteiger partial charge in [0.25, 0.3) is 0 Å². The van der Waals surface area contributed by atoms with Crippen LogP contribution in [0.25, 0.3) is 0 Å². The Balaban J connectivity index is 2.50. The molecule has 2 unspecified atom stereocenters. The van der Waals surface area contributed by atoms with E-state index in [0.717, 1.165) is 25.2 Å². The average Bonchev–Trinajstić information content (AvgIpc) is 2.43. The van der Waals surface area contributed by atoms with Crippen LogP contribution in [0.1, 0.15) is 52.1 Å². The van der Waals surface area contributed by atoms with Crippen LogP contribution < -0.4 is 10.1 Å². The number of hydrogen-bond donors (Lipinski definition) is 2. The first-order valence-corrected chi connectivity index (χ1v) is 7.17. The monoisotopic (exact) mass is 265 g/mol. The van der Waals surface area contributed by atoms with Crippen LogP contribution in [0.2, 0.25) is 0 Å². The van der Waals surface area contributed by atoms with Crippen molar-refractivity contribution in [2.24, 2.45) is 0 Å². The highest BCUT2D eigenvalue weighted by atomic mass is 16.5. The highest BCUT2D eigenvalue weighted by Gasteiger charge is 2.18.